The molecule has 0 atom stereocenters. The van der Waals surface area contributed by atoms with Crippen LogP contribution in [0.15, 0.2) is 42.6 Å². The molecule has 1 amide bonds. The number of amides is 1. The summed E-state index contributed by atoms with van der Waals surface area (Å²) in [5, 5.41) is 18.5. The lowest BCUT2D eigenvalue weighted by atomic mass is 10.1. The number of hydrogen-bond donors (Lipinski definition) is 1. The molecule has 2 aromatic rings. The van der Waals surface area contributed by atoms with Crippen molar-refractivity contribution >= 4 is 11.7 Å². The van der Waals surface area contributed by atoms with Crippen LogP contribution < -0.4 is 4.90 Å². The first kappa shape index (κ1) is 14.9. The van der Waals surface area contributed by atoms with Crippen LogP contribution >= 0.6 is 0 Å². The number of benzene rings is 1. The highest BCUT2D eigenvalue weighted by atomic mass is 16.3. The Kier molecular flexibility index (Phi) is 4.11. The zero-order chi connectivity index (χ0) is 16.2. The van der Waals surface area contributed by atoms with Gasteiger partial charge in [0.2, 0.25) is 0 Å². The van der Waals surface area contributed by atoms with Gasteiger partial charge in [-0.05, 0) is 36.4 Å². The number of aromatic nitrogens is 1. The number of phenols is 1. The average Bonchev–Trinajstić information content (AvgIpc) is 2.62. The molecule has 1 fully saturated rings. The molecule has 1 aromatic heterocycles. The van der Waals surface area contributed by atoms with Crippen molar-refractivity contribution in [2.24, 2.45) is 0 Å². The number of nitrogens with zero attached hydrogens (tertiary/aromatic N) is 4. The normalized spacial score (nSPS) is 14.4. The van der Waals surface area contributed by atoms with E-state index in [4.69, 9.17) is 5.26 Å². The maximum atomic E-state index is 12.4. The minimum Gasteiger partial charge on any atom is -0.508 e. The van der Waals surface area contributed by atoms with E-state index in [9.17, 15) is 9.90 Å². The third kappa shape index (κ3) is 3.09. The molecule has 116 valence electrons. The number of anilines is 1. The molecule has 1 aliphatic heterocycles. The van der Waals surface area contributed by atoms with Crippen molar-refractivity contribution in [3.63, 3.8) is 0 Å². The number of nitriles is 1. The van der Waals surface area contributed by atoms with E-state index in [1.165, 1.54) is 12.1 Å². The first-order chi connectivity index (χ1) is 11.2. The average molecular weight is 308 g/mol. The Bertz CT molecular complexity index is 744. The Labute approximate surface area is 134 Å². The summed E-state index contributed by atoms with van der Waals surface area (Å²) in [5.74, 6) is 0.767. The van der Waals surface area contributed by atoms with E-state index in [2.05, 4.69) is 11.1 Å². The SMILES string of the molecule is N#Cc1cccnc1N1CCN(C(=O)c2ccc(O)cc2)CC1. The number of aromatic hydroxyl groups is 1. The molecule has 1 saturated heterocycles. The summed E-state index contributed by atoms with van der Waals surface area (Å²) in [4.78, 5) is 20.5. The summed E-state index contributed by atoms with van der Waals surface area (Å²) in [6.45, 7) is 2.41. The lowest BCUT2D eigenvalue weighted by molar-refractivity contribution is 0.0746. The number of piperazine rings is 1. The lowest BCUT2D eigenvalue weighted by Gasteiger charge is -2.35. The molecule has 0 saturated carbocycles. The summed E-state index contributed by atoms with van der Waals surface area (Å²) in [5.41, 5.74) is 1.11. The van der Waals surface area contributed by atoms with Crippen LogP contribution in [0.2, 0.25) is 0 Å². The number of pyridine rings is 1. The van der Waals surface area contributed by atoms with Gasteiger partial charge in [-0.1, -0.05) is 0 Å². The van der Waals surface area contributed by atoms with Crippen molar-refractivity contribution in [3.05, 3.63) is 53.7 Å². The van der Waals surface area contributed by atoms with Crippen LogP contribution in [0.25, 0.3) is 0 Å². The van der Waals surface area contributed by atoms with Gasteiger partial charge < -0.3 is 14.9 Å². The number of rotatable bonds is 2. The van der Waals surface area contributed by atoms with Crippen molar-refractivity contribution in [1.82, 2.24) is 9.88 Å². The van der Waals surface area contributed by atoms with Gasteiger partial charge in [-0.3, -0.25) is 4.79 Å². The molecule has 0 aliphatic carbocycles. The number of carbonyl (C=O) groups is 1. The summed E-state index contributed by atoms with van der Waals surface area (Å²) in [6, 6.07) is 11.9. The van der Waals surface area contributed by atoms with Gasteiger partial charge in [-0.25, -0.2) is 4.98 Å². The van der Waals surface area contributed by atoms with Gasteiger partial charge in [-0.15, -0.1) is 0 Å². The van der Waals surface area contributed by atoms with Crippen LogP contribution in [0.4, 0.5) is 5.82 Å². The number of hydrogen-bond acceptors (Lipinski definition) is 5. The Morgan fingerprint density at radius 3 is 2.48 bits per heavy atom. The van der Waals surface area contributed by atoms with E-state index in [1.807, 2.05) is 4.90 Å². The molecule has 6 nitrogen and oxygen atoms in total. The smallest absolute Gasteiger partial charge is 0.253 e. The van der Waals surface area contributed by atoms with Crippen molar-refractivity contribution in [2.45, 2.75) is 0 Å². The molecule has 1 aliphatic rings. The maximum absolute atomic E-state index is 12.4. The molecule has 6 heteroatoms. The van der Waals surface area contributed by atoms with Crippen LogP contribution in [0, 0.1) is 11.3 Å². The molecule has 0 bridgehead atoms. The minimum absolute atomic E-state index is 0.0498. The topological polar surface area (TPSA) is 80.5 Å². The van der Waals surface area contributed by atoms with Gasteiger partial charge in [0.15, 0.2) is 0 Å². The monoisotopic (exact) mass is 308 g/mol. The standard InChI is InChI=1S/C17H16N4O2/c18-12-14-2-1-7-19-16(14)20-8-10-21(11-9-20)17(23)13-3-5-15(22)6-4-13/h1-7,22H,8-11H2. The highest BCUT2D eigenvalue weighted by Gasteiger charge is 2.24. The largest absolute Gasteiger partial charge is 0.508 e. The van der Waals surface area contributed by atoms with Crippen LogP contribution in [0.5, 0.6) is 5.75 Å². The molecular formula is C17H16N4O2. The van der Waals surface area contributed by atoms with Crippen molar-refractivity contribution in [3.8, 4) is 11.8 Å². The van der Waals surface area contributed by atoms with Crippen molar-refractivity contribution < 1.29 is 9.90 Å². The minimum atomic E-state index is -0.0498. The Morgan fingerprint density at radius 1 is 1.13 bits per heavy atom. The first-order valence-electron chi connectivity index (χ1n) is 7.37. The van der Waals surface area contributed by atoms with E-state index >= 15 is 0 Å². The highest BCUT2D eigenvalue weighted by molar-refractivity contribution is 5.94. The fourth-order valence-corrected chi connectivity index (χ4v) is 2.64. The van der Waals surface area contributed by atoms with Gasteiger partial charge in [-0.2, -0.15) is 5.26 Å². The molecule has 1 N–H and O–H groups in total. The fourth-order valence-electron chi connectivity index (χ4n) is 2.64. The van der Waals surface area contributed by atoms with Gasteiger partial charge >= 0.3 is 0 Å². The number of carbonyl (C=O) groups excluding carboxylic acids is 1. The van der Waals surface area contributed by atoms with E-state index in [0.29, 0.717) is 43.1 Å². The third-order valence-electron chi connectivity index (χ3n) is 3.89. The van der Waals surface area contributed by atoms with Crippen LogP contribution in [0.1, 0.15) is 15.9 Å². The third-order valence-corrected chi connectivity index (χ3v) is 3.89. The Hall–Kier alpha value is -3.07. The van der Waals surface area contributed by atoms with Crippen LogP contribution in [0.3, 0.4) is 0 Å². The predicted octanol–water partition coefficient (Wildman–Crippen LogP) is 1.62. The van der Waals surface area contributed by atoms with Gasteiger partial charge in [0, 0.05) is 37.9 Å². The van der Waals surface area contributed by atoms with E-state index in [-0.39, 0.29) is 11.7 Å². The maximum Gasteiger partial charge on any atom is 0.253 e. The zero-order valence-electron chi connectivity index (χ0n) is 12.5. The van der Waals surface area contributed by atoms with E-state index < -0.39 is 0 Å². The molecule has 23 heavy (non-hydrogen) atoms. The van der Waals surface area contributed by atoms with Gasteiger partial charge in [0.1, 0.15) is 17.6 Å². The second-order valence-electron chi connectivity index (χ2n) is 5.31. The molecule has 3 rings (SSSR count). The van der Waals surface area contributed by atoms with Crippen LogP contribution in [-0.2, 0) is 0 Å². The summed E-state index contributed by atoms with van der Waals surface area (Å²) >= 11 is 0. The van der Waals surface area contributed by atoms with E-state index in [1.54, 1.807) is 35.4 Å². The van der Waals surface area contributed by atoms with Crippen molar-refractivity contribution in [2.75, 3.05) is 31.1 Å². The second kappa shape index (κ2) is 6.36. The summed E-state index contributed by atoms with van der Waals surface area (Å²) in [7, 11) is 0. The van der Waals surface area contributed by atoms with Gasteiger partial charge in [0.25, 0.3) is 5.91 Å². The number of phenolic OH excluding ortho intramolecular Hbond substituents is 1. The molecular weight excluding hydrogens is 292 g/mol. The zero-order valence-corrected chi connectivity index (χ0v) is 12.5. The molecule has 0 spiro atoms. The van der Waals surface area contributed by atoms with Crippen LogP contribution in [-0.4, -0.2) is 47.1 Å². The second-order valence-corrected chi connectivity index (χ2v) is 5.31. The summed E-state index contributed by atoms with van der Waals surface area (Å²) < 4.78 is 0. The molecule has 1 aromatic carbocycles. The Balaban J connectivity index is 1.68. The van der Waals surface area contributed by atoms with Crippen molar-refractivity contribution in [1.29, 1.82) is 5.26 Å². The Morgan fingerprint density at radius 2 is 1.83 bits per heavy atom. The van der Waals surface area contributed by atoms with E-state index in [0.717, 1.165) is 0 Å². The first-order valence-corrected chi connectivity index (χ1v) is 7.37. The quantitative estimate of drug-likeness (QED) is 0.912. The highest BCUT2D eigenvalue weighted by Crippen LogP contribution is 2.19. The molecule has 2 heterocycles. The lowest BCUT2D eigenvalue weighted by Crippen LogP contribution is -2.49. The fraction of sp³-hybridized carbons (Fsp3) is 0.235. The summed E-state index contributed by atoms with van der Waals surface area (Å²) in [6.07, 6.45) is 1.67. The molecule has 0 radical (unpaired) electrons. The molecule has 0 unspecified atom stereocenters. The predicted molar refractivity (Wildman–Crippen MR) is 85.2 cm³/mol. The van der Waals surface area contributed by atoms with Gasteiger partial charge in [0.05, 0.1) is 5.56 Å².